The van der Waals surface area contributed by atoms with Crippen molar-refractivity contribution in [1.82, 2.24) is 14.8 Å². The van der Waals surface area contributed by atoms with Crippen LogP contribution < -0.4 is 4.74 Å². The first-order valence-electron chi connectivity index (χ1n) is 10.9. The molecule has 2 saturated heterocycles. The van der Waals surface area contributed by atoms with Crippen LogP contribution in [0.1, 0.15) is 51.1 Å². The number of aromatic nitrogens is 1. The van der Waals surface area contributed by atoms with Gasteiger partial charge in [-0.1, -0.05) is 6.42 Å². The Hall–Kier alpha value is -1.43. The van der Waals surface area contributed by atoms with E-state index in [1.54, 1.807) is 11.3 Å². The van der Waals surface area contributed by atoms with E-state index in [0.717, 1.165) is 42.9 Å². The van der Waals surface area contributed by atoms with E-state index >= 15 is 0 Å². The van der Waals surface area contributed by atoms with E-state index in [-0.39, 0.29) is 0 Å². The van der Waals surface area contributed by atoms with Gasteiger partial charge < -0.3 is 9.64 Å². The topological polar surface area (TPSA) is 28.6 Å². The maximum absolute atomic E-state index is 5.95. The molecule has 2 aromatic rings. The van der Waals surface area contributed by atoms with Gasteiger partial charge in [0.2, 0.25) is 0 Å². The number of benzene rings is 1. The van der Waals surface area contributed by atoms with Crippen LogP contribution in [0.15, 0.2) is 29.6 Å². The lowest BCUT2D eigenvalue weighted by atomic mass is 10.1. The maximum Gasteiger partial charge on any atom is 0.123 e. The summed E-state index contributed by atoms with van der Waals surface area (Å²) in [5.74, 6) is 0.961. The Morgan fingerprint density at radius 2 is 1.89 bits per heavy atom. The van der Waals surface area contributed by atoms with Gasteiger partial charge in [0.25, 0.3) is 0 Å². The first kappa shape index (κ1) is 19.9. The molecule has 0 saturated carbocycles. The van der Waals surface area contributed by atoms with E-state index in [1.807, 2.05) is 0 Å². The standard InChI is InChI=1S/C23H33N3OS/c1-19-7-5-14-26(19)15-6-16-27-22-10-8-20(9-11-22)23-24-21(18-28-23)17-25-12-3-2-4-13-25/h8-11,18-19H,2-7,12-17H2,1H3. The van der Waals surface area contributed by atoms with E-state index in [0.29, 0.717) is 0 Å². The van der Waals surface area contributed by atoms with Crippen LogP contribution in [0.25, 0.3) is 10.6 Å². The van der Waals surface area contributed by atoms with Crippen LogP contribution in [0.5, 0.6) is 5.75 Å². The highest BCUT2D eigenvalue weighted by atomic mass is 32.1. The van der Waals surface area contributed by atoms with E-state index in [4.69, 9.17) is 9.72 Å². The number of hydrogen-bond donors (Lipinski definition) is 0. The van der Waals surface area contributed by atoms with Crippen molar-refractivity contribution in [2.75, 3.05) is 32.8 Å². The Morgan fingerprint density at radius 1 is 1.07 bits per heavy atom. The van der Waals surface area contributed by atoms with Crippen LogP contribution in [0.4, 0.5) is 0 Å². The van der Waals surface area contributed by atoms with Crippen LogP contribution >= 0.6 is 11.3 Å². The number of thiazole rings is 1. The molecule has 0 spiro atoms. The fourth-order valence-electron chi connectivity index (χ4n) is 4.34. The molecule has 0 amide bonds. The monoisotopic (exact) mass is 399 g/mol. The van der Waals surface area contributed by atoms with Crippen molar-refractivity contribution < 1.29 is 4.74 Å². The molecule has 1 aromatic carbocycles. The van der Waals surface area contributed by atoms with Crippen LogP contribution in [-0.4, -0.2) is 53.6 Å². The molecule has 1 atom stereocenters. The second-order valence-electron chi connectivity index (χ2n) is 8.23. The molecule has 0 aliphatic carbocycles. The van der Waals surface area contributed by atoms with Crippen LogP contribution in [0.2, 0.25) is 0 Å². The summed E-state index contributed by atoms with van der Waals surface area (Å²) < 4.78 is 5.95. The molecule has 4 nitrogen and oxygen atoms in total. The Bertz CT molecular complexity index is 724. The van der Waals surface area contributed by atoms with Crippen molar-refractivity contribution in [2.45, 2.75) is 58.0 Å². The van der Waals surface area contributed by atoms with Gasteiger partial charge >= 0.3 is 0 Å². The highest BCUT2D eigenvalue weighted by molar-refractivity contribution is 7.13. The molecular formula is C23H33N3OS. The number of nitrogens with zero attached hydrogens (tertiary/aromatic N) is 3. The van der Waals surface area contributed by atoms with Gasteiger partial charge in [0.05, 0.1) is 12.3 Å². The van der Waals surface area contributed by atoms with Gasteiger partial charge in [-0.05, 0) is 82.9 Å². The van der Waals surface area contributed by atoms with E-state index in [1.165, 1.54) is 63.0 Å². The first-order chi connectivity index (χ1) is 13.8. The van der Waals surface area contributed by atoms with Crippen LogP contribution in [0.3, 0.4) is 0 Å². The first-order valence-corrected chi connectivity index (χ1v) is 11.8. The predicted molar refractivity (Wildman–Crippen MR) is 117 cm³/mol. The zero-order valence-electron chi connectivity index (χ0n) is 17.1. The SMILES string of the molecule is CC1CCCN1CCCOc1ccc(-c2nc(CN3CCCCC3)cs2)cc1. The van der Waals surface area contributed by atoms with E-state index in [9.17, 15) is 0 Å². The molecule has 1 unspecified atom stereocenters. The Kier molecular flexibility index (Phi) is 7.00. The number of likely N-dealkylation sites (tertiary alicyclic amines) is 2. The molecule has 0 radical (unpaired) electrons. The van der Waals surface area contributed by atoms with Gasteiger partial charge in [-0.25, -0.2) is 4.98 Å². The minimum Gasteiger partial charge on any atom is -0.494 e. The number of rotatable bonds is 8. The smallest absolute Gasteiger partial charge is 0.123 e. The minimum absolute atomic E-state index is 0.748. The minimum atomic E-state index is 0.748. The van der Waals surface area contributed by atoms with Crippen molar-refractivity contribution in [1.29, 1.82) is 0 Å². The third-order valence-electron chi connectivity index (χ3n) is 6.04. The Balaban J connectivity index is 1.24. The molecule has 2 aliphatic rings. The van der Waals surface area contributed by atoms with Crippen molar-refractivity contribution in [3.63, 3.8) is 0 Å². The molecule has 4 rings (SSSR count). The summed E-state index contributed by atoms with van der Waals surface area (Å²) in [6, 6.07) is 9.19. The molecule has 0 bridgehead atoms. The van der Waals surface area contributed by atoms with Gasteiger partial charge in [-0.3, -0.25) is 4.90 Å². The molecular weight excluding hydrogens is 366 g/mol. The van der Waals surface area contributed by atoms with E-state index in [2.05, 4.69) is 46.4 Å². The molecule has 28 heavy (non-hydrogen) atoms. The largest absolute Gasteiger partial charge is 0.494 e. The third-order valence-corrected chi connectivity index (χ3v) is 6.98. The highest BCUT2D eigenvalue weighted by Crippen LogP contribution is 2.27. The van der Waals surface area contributed by atoms with Gasteiger partial charge in [-0.2, -0.15) is 0 Å². The lowest BCUT2D eigenvalue weighted by Gasteiger charge is -2.25. The molecule has 2 fully saturated rings. The summed E-state index contributed by atoms with van der Waals surface area (Å²) in [5.41, 5.74) is 2.39. The third kappa shape index (κ3) is 5.34. The highest BCUT2D eigenvalue weighted by Gasteiger charge is 2.19. The van der Waals surface area contributed by atoms with Crippen LogP contribution in [0, 0.1) is 0 Å². The van der Waals surface area contributed by atoms with Gasteiger partial charge in [-0.15, -0.1) is 11.3 Å². The van der Waals surface area contributed by atoms with Crippen molar-refractivity contribution >= 4 is 11.3 Å². The lowest BCUT2D eigenvalue weighted by Crippen LogP contribution is -2.29. The number of piperidine rings is 1. The molecule has 5 heteroatoms. The average molecular weight is 400 g/mol. The zero-order valence-corrected chi connectivity index (χ0v) is 17.9. The Labute approximate surface area is 173 Å². The van der Waals surface area contributed by atoms with Crippen LogP contribution in [-0.2, 0) is 6.54 Å². The fourth-order valence-corrected chi connectivity index (χ4v) is 5.15. The van der Waals surface area contributed by atoms with E-state index < -0.39 is 0 Å². The Morgan fingerprint density at radius 3 is 2.64 bits per heavy atom. The second kappa shape index (κ2) is 9.86. The quantitative estimate of drug-likeness (QED) is 0.581. The van der Waals surface area contributed by atoms with Crippen molar-refractivity contribution in [2.24, 2.45) is 0 Å². The summed E-state index contributed by atoms with van der Waals surface area (Å²) in [6.07, 6.45) is 7.83. The molecule has 0 N–H and O–H groups in total. The summed E-state index contributed by atoms with van der Waals surface area (Å²) in [6.45, 7) is 8.96. The number of hydrogen-bond acceptors (Lipinski definition) is 5. The summed E-state index contributed by atoms with van der Waals surface area (Å²) in [5, 5.41) is 3.33. The summed E-state index contributed by atoms with van der Waals surface area (Å²) >= 11 is 1.75. The fraction of sp³-hybridized carbons (Fsp3) is 0.609. The summed E-state index contributed by atoms with van der Waals surface area (Å²) in [4.78, 5) is 9.97. The van der Waals surface area contributed by atoms with Gasteiger partial charge in [0.15, 0.2) is 0 Å². The number of ether oxygens (including phenoxy) is 1. The van der Waals surface area contributed by atoms with Crippen molar-refractivity contribution in [3.05, 3.63) is 35.3 Å². The van der Waals surface area contributed by atoms with Crippen molar-refractivity contribution in [3.8, 4) is 16.3 Å². The summed E-state index contributed by atoms with van der Waals surface area (Å²) in [7, 11) is 0. The predicted octanol–water partition coefficient (Wildman–Crippen LogP) is 5.05. The second-order valence-corrected chi connectivity index (χ2v) is 9.09. The average Bonchev–Trinajstić information content (AvgIpc) is 3.36. The van der Waals surface area contributed by atoms with Gasteiger partial charge in [0.1, 0.15) is 10.8 Å². The molecule has 2 aliphatic heterocycles. The molecule has 3 heterocycles. The molecule has 1 aromatic heterocycles. The lowest BCUT2D eigenvalue weighted by molar-refractivity contribution is 0.219. The molecule has 152 valence electrons. The maximum atomic E-state index is 5.95. The zero-order chi connectivity index (χ0) is 19.2. The van der Waals surface area contributed by atoms with Gasteiger partial charge in [0, 0.05) is 30.1 Å². The normalized spacial score (nSPS) is 21.2.